The van der Waals surface area contributed by atoms with E-state index < -0.39 is 0 Å². The van der Waals surface area contributed by atoms with Gasteiger partial charge in [-0.15, -0.1) is 10.2 Å². The molecular weight excluding hydrogens is 280 g/mol. The van der Waals surface area contributed by atoms with Crippen molar-refractivity contribution in [3.8, 4) is 0 Å². The molecule has 2 aromatic rings. The molecule has 20 heavy (non-hydrogen) atoms. The second kappa shape index (κ2) is 5.01. The van der Waals surface area contributed by atoms with E-state index in [1.54, 1.807) is 18.5 Å². The summed E-state index contributed by atoms with van der Waals surface area (Å²) < 4.78 is 2.01. The number of hydrogen-bond donors (Lipinski definition) is 2. The van der Waals surface area contributed by atoms with Gasteiger partial charge in [0, 0.05) is 29.4 Å². The fourth-order valence-electron chi connectivity index (χ4n) is 2.32. The van der Waals surface area contributed by atoms with Crippen LogP contribution in [0.15, 0.2) is 29.7 Å². The van der Waals surface area contributed by atoms with Crippen LogP contribution in [0.25, 0.3) is 0 Å². The van der Waals surface area contributed by atoms with Gasteiger partial charge in [0.25, 0.3) is 0 Å². The van der Waals surface area contributed by atoms with Crippen LogP contribution in [0.1, 0.15) is 11.4 Å². The monoisotopic (exact) mass is 292 g/mol. The van der Waals surface area contributed by atoms with Gasteiger partial charge in [0.2, 0.25) is 0 Å². The number of anilines is 1. The lowest BCUT2D eigenvalue weighted by Gasteiger charge is -2.30. The van der Waals surface area contributed by atoms with Gasteiger partial charge in [-0.05, 0) is 18.2 Å². The second-order valence-corrected chi connectivity index (χ2v) is 4.95. The average Bonchev–Trinajstić information content (AvgIpc) is 2.93. The van der Waals surface area contributed by atoms with Gasteiger partial charge in [0.05, 0.1) is 6.54 Å². The highest BCUT2D eigenvalue weighted by Crippen LogP contribution is 2.27. The molecule has 0 saturated carbocycles. The highest BCUT2D eigenvalue weighted by Gasteiger charge is 2.21. The van der Waals surface area contributed by atoms with E-state index in [4.69, 9.17) is 22.5 Å². The summed E-state index contributed by atoms with van der Waals surface area (Å²) >= 11 is 5.98. The molecule has 8 heteroatoms. The molecule has 1 aromatic carbocycles. The lowest BCUT2D eigenvalue weighted by molar-refractivity contribution is 0.318. The van der Waals surface area contributed by atoms with Crippen molar-refractivity contribution >= 4 is 23.1 Å². The Hall–Kier alpha value is -2.28. The Balaban J connectivity index is 1.99. The lowest BCUT2D eigenvalue weighted by Crippen LogP contribution is -2.35. The lowest BCUT2D eigenvalue weighted by atomic mass is 10.1. The van der Waals surface area contributed by atoms with Crippen LogP contribution in [0, 0.1) is 0 Å². The number of aromatic nitrogens is 3. The van der Waals surface area contributed by atoms with Gasteiger partial charge in [-0.3, -0.25) is 0 Å². The molecule has 3 N–H and O–H groups in total. The van der Waals surface area contributed by atoms with E-state index in [-0.39, 0.29) is 5.84 Å². The molecule has 0 atom stereocenters. The van der Waals surface area contributed by atoms with Crippen molar-refractivity contribution in [1.82, 2.24) is 14.8 Å². The molecule has 0 fully saturated rings. The SMILES string of the molecule is NC(=NO)c1cc(Cl)ccc1N1CCn2cnnc2C1. The molecule has 0 amide bonds. The van der Waals surface area contributed by atoms with Crippen LogP contribution in [-0.4, -0.2) is 32.4 Å². The maximum atomic E-state index is 8.90. The number of fused-ring (bicyclic) bond motifs is 1. The molecule has 0 aliphatic carbocycles. The Morgan fingerprint density at radius 3 is 3.05 bits per heavy atom. The van der Waals surface area contributed by atoms with E-state index in [0.29, 0.717) is 17.1 Å². The van der Waals surface area contributed by atoms with E-state index in [1.165, 1.54) is 0 Å². The fraction of sp³-hybridized carbons (Fsp3) is 0.250. The van der Waals surface area contributed by atoms with E-state index in [2.05, 4.69) is 20.3 Å². The second-order valence-electron chi connectivity index (χ2n) is 4.51. The number of amidine groups is 1. The van der Waals surface area contributed by atoms with Crippen molar-refractivity contribution in [2.24, 2.45) is 10.9 Å². The van der Waals surface area contributed by atoms with Gasteiger partial charge in [-0.2, -0.15) is 0 Å². The normalized spacial score (nSPS) is 15.2. The molecule has 7 nitrogen and oxygen atoms in total. The average molecular weight is 293 g/mol. The van der Waals surface area contributed by atoms with Crippen LogP contribution in [-0.2, 0) is 13.1 Å². The van der Waals surface area contributed by atoms with Crippen molar-refractivity contribution in [1.29, 1.82) is 0 Å². The van der Waals surface area contributed by atoms with Gasteiger partial charge < -0.3 is 20.4 Å². The maximum absolute atomic E-state index is 8.90. The van der Waals surface area contributed by atoms with Crippen molar-refractivity contribution in [3.05, 3.63) is 40.9 Å². The molecule has 0 spiro atoms. The molecule has 3 rings (SSSR count). The summed E-state index contributed by atoms with van der Waals surface area (Å²) in [6, 6.07) is 5.33. The summed E-state index contributed by atoms with van der Waals surface area (Å²) in [6.45, 7) is 2.20. The summed E-state index contributed by atoms with van der Waals surface area (Å²) in [4.78, 5) is 2.10. The van der Waals surface area contributed by atoms with Crippen LogP contribution in [0.4, 0.5) is 5.69 Å². The first-order valence-electron chi connectivity index (χ1n) is 6.08. The minimum absolute atomic E-state index is 0.0366. The first-order chi connectivity index (χ1) is 9.69. The first-order valence-corrected chi connectivity index (χ1v) is 6.46. The minimum Gasteiger partial charge on any atom is -0.409 e. The number of rotatable bonds is 2. The van der Waals surface area contributed by atoms with Gasteiger partial charge in [0.15, 0.2) is 11.7 Å². The maximum Gasteiger partial charge on any atom is 0.172 e. The summed E-state index contributed by atoms with van der Waals surface area (Å²) in [6.07, 6.45) is 1.72. The summed E-state index contributed by atoms with van der Waals surface area (Å²) in [5.74, 6) is 0.922. The molecule has 0 saturated heterocycles. The topological polar surface area (TPSA) is 92.6 Å². The van der Waals surface area contributed by atoms with Crippen LogP contribution >= 0.6 is 11.6 Å². The standard InChI is InChI=1S/C12H13ClN6O/c13-8-1-2-10(9(5-8)12(14)17-20)18-3-4-19-7-15-16-11(19)6-18/h1-2,5,7,20H,3-4,6H2,(H2,14,17). The number of nitrogens with two attached hydrogens (primary N) is 1. The Morgan fingerprint density at radius 2 is 2.25 bits per heavy atom. The highest BCUT2D eigenvalue weighted by atomic mass is 35.5. The predicted molar refractivity (Wildman–Crippen MR) is 75.0 cm³/mol. The van der Waals surface area contributed by atoms with Crippen molar-refractivity contribution in [2.45, 2.75) is 13.1 Å². The van der Waals surface area contributed by atoms with E-state index in [0.717, 1.165) is 24.6 Å². The zero-order chi connectivity index (χ0) is 14.1. The van der Waals surface area contributed by atoms with Gasteiger partial charge in [-0.1, -0.05) is 16.8 Å². The summed E-state index contributed by atoms with van der Waals surface area (Å²) in [5.41, 5.74) is 7.19. The Kier molecular flexibility index (Phi) is 3.19. The number of halogens is 1. The Morgan fingerprint density at radius 1 is 1.40 bits per heavy atom. The van der Waals surface area contributed by atoms with Crippen LogP contribution < -0.4 is 10.6 Å². The number of benzene rings is 1. The smallest absolute Gasteiger partial charge is 0.172 e. The molecule has 2 heterocycles. The third kappa shape index (κ3) is 2.16. The molecule has 1 aliphatic rings. The Labute approximate surface area is 120 Å². The van der Waals surface area contributed by atoms with E-state index in [1.807, 2.05) is 10.6 Å². The van der Waals surface area contributed by atoms with Crippen molar-refractivity contribution in [3.63, 3.8) is 0 Å². The minimum atomic E-state index is 0.0366. The van der Waals surface area contributed by atoms with Gasteiger partial charge in [0.1, 0.15) is 6.33 Å². The molecule has 0 bridgehead atoms. The number of hydrogen-bond acceptors (Lipinski definition) is 5. The summed E-state index contributed by atoms with van der Waals surface area (Å²) in [7, 11) is 0. The zero-order valence-corrected chi connectivity index (χ0v) is 11.3. The predicted octanol–water partition coefficient (Wildman–Crippen LogP) is 1.05. The molecule has 1 aromatic heterocycles. The highest BCUT2D eigenvalue weighted by molar-refractivity contribution is 6.31. The zero-order valence-electron chi connectivity index (χ0n) is 10.6. The van der Waals surface area contributed by atoms with Crippen molar-refractivity contribution in [2.75, 3.05) is 11.4 Å². The molecule has 0 radical (unpaired) electrons. The molecular formula is C12H13ClN6O. The quantitative estimate of drug-likeness (QED) is 0.373. The van der Waals surface area contributed by atoms with E-state index in [9.17, 15) is 0 Å². The fourth-order valence-corrected chi connectivity index (χ4v) is 2.49. The molecule has 0 unspecified atom stereocenters. The van der Waals surface area contributed by atoms with Crippen LogP contribution in [0.3, 0.4) is 0 Å². The number of oxime groups is 1. The molecule has 104 valence electrons. The van der Waals surface area contributed by atoms with E-state index >= 15 is 0 Å². The third-order valence-corrected chi connectivity index (χ3v) is 3.56. The number of nitrogens with zero attached hydrogens (tertiary/aromatic N) is 5. The first kappa shape index (κ1) is 12.7. The van der Waals surface area contributed by atoms with Crippen LogP contribution in [0.2, 0.25) is 5.02 Å². The molecule has 1 aliphatic heterocycles. The summed E-state index contributed by atoms with van der Waals surface area (Å²) in [5, 5.41) is 20.5. The van der Waals surface area contributed by atoms with Gasteiger partial charge >= 0.3 is 0 Å². The van der Waals surface area contributed by atoms with Gasteiger partial charge in [-0.25, -0.2) is 0 Å². The van der Waals surface area contributed by atoms with Crippen molar-refractivity contribution < 1.29 is 5.21 Å². The van der Waals surface area contributed by atoms with Crippen LogP contribution in [0.5, 0.6) is 0 Å². The third-order valence-electron chi connectivity index (χ3n) is 3.32. The Bertz CT molecular complexity index is 668. The largest absolute Gasteiger partial charge is 0.409 e.